The third kappa shape index (κ3) is 4.14. The van der Waals surface area contributed by atoms with E-state index in [0.717, 1.165) is 18.6 Å². The fraction of sp³-hybridized carbons (Fsp3) is 0.471. The molecule has 32 heavy (non-hydrogen) atoms. The number of fused-ring (bicyclic) bond motifs is 2. The molecule has 4 rings (SSSR count). The van der Waals surface area contributed by atoms with Crippen molar-refractivity contribution in [1.29, 1.82) is 0 Å². The molecule has 0 aliphatic carbocycles. The fourth-order valence-corrected chi connectivity index (χ4v) is 3.28. The van der Waals surface area contributed by atoms with Crippen LogP contribution in [0.15, 0.2) is 24.8 Å². The largest absolute Gasteiger partial charge is 0.476 e. The Balaban J connectivity index is 1.45. The average molecular weight is 459 g/mol. The molecule has 12 nitrogen and oxygen atoms in total. The number of nitrogens with one attached hydrogen (secondary N) is 1. The number of aromatic nitrogens is 4. The summed E-state index contributed by atoms with van der Waals surface area (Å²) in [5, 5.41) is 32.6. The monoisotopic (exact) mass is 459 g/mol. The molecule has 2 aliphatic rings. The highest BCUT2D eigenvalue weighted by molar-refractivity contribution is 5.84. The lowest BCUT2D eigenvalue weighted by molar-refractivity contribution is -0.222. The molecule has 0 radical (unpaired) electrons. The van der Waals surface area contributed by atoms with Crippen molar-refractivity contribution in [3.05, 3.63) is 36.2 Å². The van der Waals surface area contributed by atoms with Crippen LogP contribution in [0.4, 0.5) is 19.0 Å². The highest BCUT2D eigenvalue weighted by atomic mass is 19.4. The molecule has 2 aromatic rings. The van der Waals surface area contributed by atoms with Crippen LogP contribution in [0.3, 0.4) is 0 Å². The Bertz CT molecular complexity index is 995. The third-order valence-electron chi connectivity index (χ3n) is 4.92. The number of hydrogen-bond donors (Lipinski definition) is 4. The van der Waals surface area contributed by atoms with E-state index in [1.165, 1.54) is 0 Å². The van der Waals surface area contributed by atoms with Crippen molar-refractivity contribution >= 4 is 11.8 Å². The van der Waals surface area contributed by atoms with Gasteiger partial charge >= 0.3 is 12.1 Å². The molecule has 2 saturated heterocycles. The molecule has 0 unspecified atom stereocenters. The number of aromatic carboxylic acids is 1. The number of rotatable bonds is 6. The SMILES string of the molecule is O=C(O)c1cnc(OC[C@@]23CO[C@@H](O2)[C@H](Nc2cncc(C(F)(F)F)n2)[C@@H](O)[C@H]3O)cn1. The van der Waals surface area contributed by atoms with E-state index in [2.05, 4.69) is 25.3 Å². The predicted molar refractivity (Wildman–Crippen MR) is 94.5 cm³/mol. The van der Waals surface area contributed by atoms with Crippen LogP contribution in [0.2, 0.25) is 0 Å². The van der Waals surface area contributed by atoms with Gasteiger partial charge in [-0.2, -0.15) is 13.2 Å². The highest BCUT2D eigenvalue weighted by Gasteiger charge is 2.60. The predicted octanol–water partition coefficient (Wildman–Crippen LogP) is -0.310. The van der Waals surface area contributed by atoms with Gasteiger partial charge in [0.25, 0.3) is 0 Å². The first-order chi connectivity index (χ1) is 15.1. The number of aliphatic hydroxyl groups excluding tert-OH is 2. The van der Waals surface area contributed by atoms with E-state index >= 15 is 0 Å². The zero-order valence-electron chi connectivity index (χ0n) is 15.9. The Hall–Kier alpha value is -3.14. The molecule has 15 heteroatoms. The van der Waals surface area contributed by atoms with E-state index in [1.807, 2.05) is 0 Å². The van der Waals surface area contributed by atoms with Crippen LogP contribution in [-0.4, -0.2) is 84.6 Å². The number of nitrogens with zero attached hydrogens (tertiary/aromatic N) is 4. The molecule has 4 heterocycles. The van der Waals surface area contributed by atoms with Gasteiger partial charge in [-0.3, -0.25) is 4.98 Å². The number of hydrogen-bond acceptors (Lipinski definition) is 11. The van der Waals surface area contributed by atoms with E-state index in [9.17, 15) is 28.2 Å². The molecule has 2 aromatic heterocycles. The Morgan fingerprint density at radius 1 is 1.25 bits per heavy atom. The molecule has 0 saturated carbocycles. The third-order valence-corrected chi connectivity index (χ3v) is 4.92. The molecule has 172 valence electrons. The molecular formula is C17H16F3N5O7. The summed E-state index contributed by atoms with van der Waals surface area (Å²) in [6.07, 6.45) is -5.34. The lowest BCUT2D eigenvalue weighted by atomic mass is 9.88. The minimum atomic E-state index is -4.71. The molecule has 2 fully saturated rings. The molecule has 4 N–H and O–H groups in total. The number of carboxylic acid groups (broad SMARTS) is 1. The van der Waals surface area contributed by atoms with Crippen molar-refractivity contribution in [2.24, 2.45) is 0 Å². The van der Waals surface area contributed by atoms with Crippen molar-refractivity contribution in [1.82, 2.24) is 19.9 Å². The maximum absolute atomic E-state index is 12.8. The van der Waals surface area contributed by atoms with Gasteiger partial charge in [0, 0.05) is 0 Å². The van der Waals surface area contributed by atoms with Gasteiger partial charge in [-0.1, -0.05) is 0 Å². The standard InChI is InChI=1S/C17H16F3N5O7/c18-17(19,20)8-2-21-3-9(24-8)25-11-12(26)13(27)16(6-31-15(11)32-16)5-30-10-4-22-7(1-23-10)14(28)29/h1-4,11-13,15,26-27H,5-6H2,(H,24,25)(H,28,29)/t11-,12-,13-,15+,16+/m1/s1. The summed E-state index contributed by atoms with van der Waals surface area (Å²) in [4.78, 5) is 25.1. The lowest BCUT2D eigenvalue weighted by Gasteiger charge is -2.42. The van der Waals surface area contributed by atoms with E-state index in [0.29, 0.717) is 6.20 Å². The second-order valence-corrected chi connectivity index (χ2v) is 7.09. The van der Waals surface area contributed by atoms with Crippen LogP contribution in [0.5, 0.6) is 5.88 Å². The topological polar surface area (TPSA) is 169 Å². The number of carbonyl (C=O) groups is 1. The number of halogens is 3. The molecule has 5 atom stereocenters. The first-order valence-corrected chi connectivity index (χ1v) is 9.08. The van der Waals surface area contributed by atoms with Crippen molar-refractivity contribution in [2.75, 3.05) is 18.5 Å². The Morgan fingerprint density at radius 2 is 2.03 bits per heavy atom. The summed E-state index contributed by atoms with van der Waals surface area (Å²) in [6.45, 7) is -0.540. The van der Waals surface area contributed by atoms with E-state index < -0.39 is 48.0 Å². The summed E-state index contributed by atoms with van der Waals surface area (Å²) in [5.41, 5.74) is -3.04. The minimum absolute atomic E-state index is 0.0578. The molecule has 0 aromatic carbocycles. The van der Waals surface area contributed by atoms with Gasteiger partial charge in [0.1, 0.15) is 30.7 Å². The lowest BCUT2D eigenvalue weighted by Crippen LogP contribution is -2.64. The Morgan fingerprint density at radius 3 is 2.69 bits per heavy atom. The van der Waals surface area contributed by atoms with Crippen LogP contribution < -0.4 is 10.1 Å². The quantitative estimate of drug-likeness (QED) is 0.445. The summed E-state index contributed by atoms with van der Waals surface area (Å²) >= 11 is 0. The van der Waals surface area contributed by atoms with Gasteiger partial charge in [0.15, 0.2) is 23.3 Å². The zero-order valence-corrected chi connectivity index (χ0v) is 15.9. The van der Waals surface area contributed by atoms with Crippen LogP contribution >= 0.6 is 0 Å². The normalized spacial score (nSPS) is 29.5. The Labute approximate surface area is 177 Å². The second-order valence-electron chi connectivity index (χ2n) is 7.09. The van der Waals surface area contributed by atoms with Crippen LogP contribution in [0.25, 0.3) is 0 Å². The fourth-order valence-electron chi connectivity index (χ4n) is 3.28. The van der Waals surface area contributed by atoms with Crippen molar-refractivity contribution in [3.8, 4) is 5.88 Å². The van der Waals surface area contributed by atoms with Gasteiger partial charge in [-0.05, 0) is 0 Å². The molecule has 0 spiro atoms. The van der Waals surface area contributed by atoms with Gasteiger partial charge in [-0.25, -0.2) is 19.7 Å². The first-order valence-electron chi connectivity index (χ1n) is 9.08. The zero-order chi connectivity index (χ0) is 23.1. The van der Waals surface area contributed by atoms with E-state index in [1.54, 1.807) is 0 Å². The van der Waals surface area contributed by atoms with Gasteiger partial charge in [0.2, 0.25) is 5.88 Å². The van der Waals surface area contributed by atoms with Crippen molar-refractivity contribution < 1.29 is 47.5 Å². The number of anilines is 1. The average Bonchev–Trinajstić information content (AvgIpc) is 3.16. The molecular weight excluding hydrogens is 443 g/mol. The van der Waals surface area contributed by atoms with Gasteiger partial charge < -0.3 is 34.8 Å². The molecule has 0 amide bonds. The maximum Gasteiger partial charge on any atom is 0.434 e. The number of carboxylic acids is 1. The maximum atomic E-state index is 12.8. The summed E-state index contributed by atoms with van der Waals surface area (Å²) in [7, 11) is 0. The Kier molecular flexibility index (Phi) is 5.58. The van der Waals surface area contributed by atoms with E-state index in [4.69, 9.17) is 19.3 Å². The summed E-state index contributed by atoms with van der Waals surface area (Å²) in [6, 6.07) is -1.16. The molecule has 2 bridgehead atoms. The van der Waals surface area contributed by atoms with Crippen molar-refractivity contribution in [3.63, 3.8) is 0 Å². The summed E-state index contributed by atoms with van der Waals surface area (Å²) in [5.74, 6) is -1.63. The number of alkyl halides is 3. The van der Waals surface area contributed by atoms with Gasteiger partial charge in [0.05, 0.1) is 31.4 Å². The highest BCUT2D eigenvalue weighted by Crippen LogP contribution is 2.38. The van der Waals surface area contributed by atoms with Gasteiger partial charge in [-0.15, -0.1) is 0 Å². The minimum Gasteiger partial charge on any atom is -0.476 e. The van der Waals surface area contributed by atoms with Crippen LogP contribution in [0.1, 0.15) is 16.2 Å². The molecule has 2 aliphatic heterocycles. The van der Waals surface area contributed by atoms with Crippen LogP contribution in [-0.2, 0) is 15.7 Å². The number of aliphatic hydroxyl groups is 2. The van der Waals surface area contributed by atoms with Crippen LogP contribution in [0, 0.1) is 0 Å². The smallest absolute Gasteiger partial charge is 0.434 e. The summed E-state index contributed by atoms with van der Waals surface area (Å²) < 4.78 is 55.1. The second kappa shape index (κ2) is 8.09. The first kappa shape index (κ1) is 22.1. The van der Waals surface area contributed by atoms with E-state index in [-0.39, 0.29) is 30.6 Å². The van der Waals surface area contributed by atoms with Crippen molar-refractivity contribution in [2.45, 2.75) is 36.3 Å². The number of ether oxygens (including phenoxy) is 3.